The molecule has 0 aromatic heterocycles. The molecule has 7 heteroatoms. The molecular weight excluding hydrogens is 494 g/mol. The number of aliphatic hydroxyl groups is 1. The molecule has 5 rings (SSSR count). The maximum absolute atomic E-state index is 12.4. The Morgan fingerprint density at radius 2 is 1.74 bits per heavy atom. The molecule has 1 N–H and O–H groups in total. The molecular formula is C32H49NO6. The summed E-state index contributed by atoms with van der Waals surface area (Å²) in [4.78, 5) is 40.9. The van der Waals surface area contributed by atoms with Crippen LogP contribution in [0.25, 0.3) is 0 Å². The van der Waals surface area contributed by atoms with Crippen LogP contribution in [0, 0.1) is 46.3 Å². The van der Waals surface area contributed by atoms with E-state index >= 15 is 0 Å². The van der Waals surface area contributed by atoms with Gasteiger partial charge in [-0.15, -0.1) is 0 Å². The predicted molar refractivity (Wildman–Crippen MR) is 147 cm³/mol. The van der Waals surface area contributed by atoms with Crippen molar-refractivity contribution in [1.82, 2.24) is 5.06 Å². The number of carbonyl (C=O) groups excluding carboxylic acids is 3. The van der Waals surface area contributed by atoms with Gasteiger partial charge >= 0.3 is 6.16 Å². The zero-order valence-corrected chi connectivity index (χ0v) is 24.6. The molecule has 218 valence electrons. The molecule has 0 aromatic rings. The highest BCUT2D eigenvalue weighted by Gasteiger charge is 2.61. The fourth-order valence-electron chi connectivity index (χ4n) is 9.63. The molecule has 0 bridgehead atoms. The number of rotatable bonds is 7. The van der Waals surface area contributed by atoms with Crippen LogP contribution in [0.15, 0.2) is 11.6 Å². The maximum atomic E-state index is 12.4. The number of aliphatic hydroxyl groups excluding tert-OH is 1. The summed E-state index contributed by atoms with van der Waals surface area (Å²) in [5.41, 5.74) is 1.49. The van der Waals surface area contributed by atoms with Crippen LogP contribution < -0.4 is 0 Å². The van der Waals surface area contributed by atoms with Gasteiger partial charge in [0.1, 0.15) is 6.10 Å². The van der Waals surface area contributed by atoms with E-state index < -0.39 is 24.1 Å². The largest absolute Gasteiger partial charge is 0.534 e. The fraction of sp³-hybridized carbons (Fsp3) is 0.844. The van der Waals surface area contributed by atoms with Gasteiger partial charge in [-0.3, -0.25) is 14.4 Å². The average Bonchev–Trinajstić information content (AvgIpc) is 3.38. The van der Waals surface area contributed by atoms with Gasteiger partial charge < -0.3 is 9.84 Å². The Labute approximate surface area is 234 Å². The first-order valence-corrected chi connectivity index (χ1v) is 15.6. The summed E-state index contributed by atoms with van der Waals surface area (Å²) in [7, 11) is 0. The van der Waals surface area contributed by atoms with Crippen LogP contribution in [0.2, 0.25) is 0 Å². The summed E-state index contributed by atoms with van der Waals surface area (Å²) in [5, 5.41) is 12.1. The first-order valence-electron chi connectivity index (χ1n) is 15.6. The Morgan fingerprint density at radius 3 is 2.44 bits per heavy atom. The topological polar surface area (TPSA) is 93.1 Å². The Hall–Kier alpha value is -1.89. The summed E-state index contributed by atoms with van der Waals surface area (Å²) in [6, 6.07) is 0. The van der Waals surface area contributed by atoms with Gasteiger partial charge in [0.05, 0.1) is 6.10 Å². The summed E-state index contributed by atoms with van der Waals surface area (Å²) < 4.78 is 5.56. The molecule has 1 unspecified atom stereocenters. The molecule has 4 fully saturated rings. The van der Waals surface area contributed by atoms with E-state index in [1.54, 1.807) is 0 Å². The van der Waals surface area contributed by atoms with Crippen molar-refractivity contribution in [3.8, 4) is 0 Å². The van der Waals surface area contributed by atoms with Crippen molar-refractivity contribution in [2.45, 2.75) is 124 Å². The number of imide groups is 1. The van der Waals surface area contributed by atoms with Gasteiger partial charge in [0.2, 0.25) is 0 Å². The van der Waals surface area contributed by atoms with Gasteiger partial charge in [-0.2, -0.15) is 0 Å². The first kappa shape index (κ1) is 28.6. The SMILES string of the molecule is CC(C)CCC[C@@H](C)[C@H]1CC[C@H]2C3[C@@H](O)C=C4C[C@@H](OC(=O)ON5C(=O)CCC5=O)CC[C@]4(C)[C@H]3CC[C@]12C. The Balaban J connectivity index is 1.25. The Kier molecular flexibility index (Phi) is 7.95. The molecule has 3 saturated carbocycles. The monoisotopic (exact) mass is 543 g/mol. The first-order chi connectivity index (χ1) is 18.4. The van der Waals surface area contributed by atoms with Gasteiger partial charge in [0, 0.05) is 19.3 Å². The number of hydroxylamine groups is 2. The average molecular weight is 544 g/mol. The molecule has 9 atom stereocenters. The quantitative estimate of drug-likeness (QED) is 0.221. The smallest absolute Gasteiger partial charge is 0.429 e. The second-order valence-electron chi connectivity index (χ2n) is 14.3. The summed E-state index contributed by atoms with van der Waals surface area (Å²) in [6.45, 7) is 12.0. The van der Waals surface area contributed by atoms with E-state index in [0.29, 0.717) is 41.1 Å². The van der Waals surface area contributed by atoms with Crippen LogP contribution in [0.4, 0.5) is 4.79 Å². The van der Waals surface area contributed by atoms with Crippen LogP contribution in [0.3, 0.4) is 0 Å². The molecule has 5 aliphatic rings. The highest BCUT2D eigenvalue weighted by Crippen LogP contribution is 2.67. The fourth-order valence-corrected chi connectivity index (χ4v) is 9.63. The number of amides is 2. The minimum Gasteiger partial charge on any atom is -0.429 e. The van der Waals surface area contributed by atoms with Crippen molar-refractivity contribution in [3.63, 3.8) is 0 Å². The molecule has 1 heterocycles. The molecule has 0 radical (unpaired) electrons. The van der Waals surface area contributed by atoms with E-state index in [0.717, 1.165) is 30.6 Å². The van der Waals surface area contributed by atoms with E-state index in [-0.39, 0.29) is 24.4 Å². The molecule has 0 spiro atoms. The lowest BCUT2D eigenvalue weighted by atomic mass is 9.46. The van der Waals surface area contributed by atoms with Crippen LogP contribution in [-0.2, 0) is 19.2 Å². The highest BCUT2D eigenvalue weighted by molar-refractivity contribution is 6.01. The van der Waals surface area contributed by atoms with Crippen LogP contribution >= 0.6 is 0 Å². The van der Waals surface area contributed by atoms with Gasteiger partial charge in [0.25, 0.3) is 11.8 Å². The lowest BCUT2D eigenvalue weighted by molar-refractivity contribution is -0.179. The predicted octanol–water partition coefficient (Wildman–Crippen LogP) is 6.58. The van der Waals surface area contributed by atoms with E-state index in [9.17, 15) is 19.5 Å². The van der Waals surface area contributed by atoms with Crippen molar-refractivity contribution < 1.29 is 29.1 Å². The standard InChI is InChI=1S/C32H49NO6/c1-19(2)7-6-8-20(3)23-9-10-24-29-25(14-16-32(23,24)5)31(4)15-13-22(17-21(31)18-26(29)34)38-30(37)39-33-27(35)11-12-28(33)36/h18-20,22-26,29,34H,6-17H2,1-5H3/t20-,22+,23-,24+,25+,26+,29?,31+,32-/m1/s1. The van der Waals surface area contributed by atoms with Crippen LogP contribution in [0.1, 0.15) is 112 Å². The van der Waals surface area contributed by atoms with E-state index in [4.69, 9.17) is 9.57 Å². The molecule has 1 aliphatic heterocycles. The number of nitrogens with zero attached hydrogens (tertiary/aromatic N) is 1. The minimum atomic E-state index is -1.00. The van der Waals surface area contributed by atoms with Crippen molar-refractivity contribution in [2.24, 2.45) is 46.3 Å². The van der Waals surface area contributed by atoms with Crippen molar-refractivity contribution >= 4 is 18.0 Å². The number of ether oxygens (including phenoxy) is 1. The minimum absolute atomic E-state index is 0.00313. The second-order valence-corrected chi connectivity index (χ2v) is 14.3. The van der Waals surface area contributed by atoms with Crippen LogP contribution in [-0.4, -0.2) is 40.3 Å². The number of carbonyl (C=O) groups is 3. The third kappa shape index (κ3) is 5.17. The van der Waals surface area contributed by atoms with Crippen molar-refractivity contribution in [3.05, 3.63) is 11.6 Å². The summed E-state index contributed by atoms with van der Waals surface area (Å²) in [5.74, 6) is 2.50. The molecule has 2 amide bonds. The lowest BCUT2D eigenvalue weighted by Gasteiger charge is -2.59. The van der Waals surface area contributed by atoms with E-state index in [1.807, 2.05) is 0 Å². The third-order valence-electron chi connectivity index (χ3n) is 11.7. The van der Waals surface area contributed by atoms with E-state index in [2.05, 4.69) is 40.7 Å². The van der Waals surface area contributed by atoms with Gasteiger partial charge in [0.15, 0.2) is 0 Å². The van der Waals surface area contributed by atoms with Crippen molar-refractivity contribution in [2.75, 3.05) is 0 Å². The molecule has 4 aliphatic carbocycles. The lowest BCUT2D eigenvalue weighted by Crippen LogP contribution is -2.55. The van der Waals surface area contributed by atoms with Crippen molar-refractivity contribution in [1.29, 1.82) is 0 Å². The highest BCUT2D eigenvalue weighted by atomic mass is 16.8. The Bertz CT molecular complexity index is 991. The third-order valence-corrected chi connectivity index (χ3v) is 11.7. The van der Waals surface area contributed by atoms with Crippen LogP contribution in [0.5, 0.6) is 0 Å². The van der Waals surface area contributed by atoms with Gasteiger partial charge in [-0.05, 0) is 84.9 Å². The zero-order valence-electron chi connectivity index (χ0n) is 24.6. The number of hydrogen-bond acceptors (Lipinski definition) is 6. The maximum Gasteiger partial charge on any atom is 0.534 e. The van der Waals surface area contributed by atoms with Gasteiger partial charge in [-0.1, -0.05) is 70.6 Å². The number of fused-ring (bicyclic) bond motifs is 5. The molecule has 1 saturated heterocycles. The molecule has 7 nitrogen and oxygen atoms in total. The zero-order chi connectivity index (χ0) is 28.1. The van der Waals surface area contributed by atoms with E-state index in [1.165, 1.54) is 44.1 Å². The molecule has 0 aromatic carbocycles. The molecule has 39 heavy (non-hydrogen) atoms. The Morgan fingerprint density at radius 1 is 1.03 bits per heavy atom. The van der Waals surface area contributed by atoms with Gasteiger partial charge in [-0.25, -0.2) is 4.79 Å². The summed E-state index contributed by atoms with van der Waals surface area (Å²) >= 11 is 0. The normalized spacial score (nSPS) is 40.6. The number of hydrogen-bond donors (Lipinski definition) is 1. The summed E-state index contributed by atoms with van der Waals surface area (Å²) in [6.07, 6.45) is 11.3. The second kappa shape index (κ2) is 10.8.